The van der Waals surface area contributed by atoms with E-state index in [0.29, 0.717) is 12.6 Å². The van der Waals surface area contributed by atoms with Crippen LogP contribution in [0.3, 0.4) is 0 Å². The molecule has 0 aromatic carbocycles. The largest absolute Gasteiger partial charge is 0.354 e. The van der Waals surface area contributed by atoms with Gasteiger partial charge in [0.1, 0.15) is 12.2 Å². The number of aryl methyl sites for hydroxylation is 1. The molecule has 1 fully saturated rings. The Morgan fingerprint density at radius 2 is 2.17 bits per heavy atom. The van der Waals surface area contributed by atoms with E-state index in [2.05, 4.69) is 45.8 Å². The summed E-state index contributed by atoms with van der Waals surface area (Å²) in [5, 5.41) is 15.0. The van der Waals surface area contributed by atoms with Crippen LogP contribution >= 0.6 is 24.0 Å². The van der Waals surface area contributed by atoms with Gasteiger partial charge in [-0.3, -0.25) is 4.99 Å². The van der Waals surface area contributed by atoms with Crippen molar-refractivity contribution in [3.63, 3.8) is 0 Å². The first-order valence-electron chi connectivity index (χ1n) is 8.75. The van der Waals surface area contributed by atoms with Gasteiger partial charge in [0, 0.05) is 25.6 Å². The second-order valence-electron chi connectivity index (χ2n) is 6.30. The fourth-order valence-corrected chi connectivity index (χ4v) is 2.93. The predicted octanol–water partition coefficient (Wildman–Crippen LogP) is 2.76. The highest BCUT2D eigenvalue weighted by molar-refractivity contribution is 14.0. The SMILES string of the molecule is C=CCNC(=NCCn1cnnc1CC)NC1CCC(C)CC1.I. The first-order valence-corrected chi connectivity index (χ1v) is 8.75. The summed E-state index contributed by atoms with van der Waals surface area (Å²) in [7, 11) is 0. The Kier molecular flexibility index (Phi) is 9.97. The highest BCUT2D eigenvalue weighted by Crippen LogP contribution is 2.23. The summed E-state index contributed by atoms with van der Waals surface area (Å²) >= 11 is 0. The maximum absolute atomic E-state index is 4.69. The third-order valence-electron chi connectivity index (χ3n) is 4.39. The molecular weight excluding hydrogens is 415 g/mol. The molecule has 0 atom stereocenters. The van der Waals surface area contributed by atoms with E-state index in [1.54, 1.807) is 6.33 Å². The highest BCUT2D eigenvalue weighted by atomic mass is 127. The van der Waals surface area contributed by atoms with Crippen molar-refractivity contribution in [3.05, 3.63) is 24.8 Å². The van der Waals surface area contributed by atoms with Gasteiger partial charge in [0.25, 0.3) is 0 Å². The molecule has 0 amide bonds. The summed E-state index contributed by atoms with van der Waals surface area (Å²) in [6, 6.07) is 0.531. The maximum atomic E-state index is 4.69. The van der Waals surface area contributed by atoms with Crippen molar-refractivity contribution in [2.45, 2.75) is 58.5 Å². The summed E-state index contributed by atoms with van der Waals surface area (Å²) in [5.74, 6) is 2.75. The van der Waals surface area contributed by atoms with Crippen LogP contribution < -0.4 is 10.6 Å². The van der Waals surface area contributed by atoms with Crippen molar-refractivity contribution >= 4 is 29.9 Å². The number of aliphatic imine (C=N–C) groups is 1. The van der Waals surface area contributed by atoms with Gasteiger partial charge >= 0.3 is 0 Å². The van der Waals surface area contributed by atoms with E-state index >= 15 is 0 Å². The van der Waals surface area contributed by atoms with Gasteiger partial charge in [-0.05, 0) is 31.6 Å². The smallest absolute Gasteiger partial charge is 0.191 e. The van der Waals surface area contributed by atoms with E-state index in [-0.39, 0.29) is 24.0 Å². The molecule has 2 rings (SSSR count). The second-order valence-corrected chi connectivity index (χ2v) is 6.30. The Labute approximate surface area is 162 Å². The lowest BCUT2D eigenvalue weighted by atomic mass is 9.87. The first kappa shape index (κ1) is 20.9. The molecule has 2 N–H and O–H groups in total. The zero-order valence-electron chi connectivity index (χ0n) is 14.9. The summed E-state index contributed by atoms with van der Waals surface area (Å²) in [6.45, 7) is 10.4. The highest BCUT2D eigenvalue weighted by Gasteiger charge is 2.18. The molecule has 0 bridgehead atoms. The summed E-state index contributed by atoms with van der Waals surface area (Å²) < 4.78 is 2.07. The Balaban J connectivity index is 0.00000288. The number of nitrogens with one attached hydrogen (secondary N) is 2. The number of hydrogen-bond acceptors (Lipinski definition) is 3. The van der Waals surface area contributed by atoms with Crippen molar-refractivity contribution in [3.8, 4) is 0 Å². The van der Waals surface area contributed by atoms with Gasteiger partial charge in [0.15, 0.2) is 5.96 Å². The van der Waals surface area contributed by atoms with Gasteiger partial charge in [-0.15, -0.1) is 40.8 Å². The fourth-order valence-electron chi connectivity index (χ4n) is 2.93. The maximum Gasteiger partial charge on any atom is 0.191 e. The van der Waals surface area contributed by atoms with Gasteiger partial charge in [-0.1, -0.05) is 19.9 Å². The monoisotopic (exact) mass is 446 g/mol. The molecule has 7 heteroatoms. The van der Waals surface area contributed by atoms with Crippen molar-refractivity contribution in [2.75, 3.05) is 13.1 Å². The number of nitrogens with zero attached hydrogens (tertiary/aromatic N) is 4. The van der Waals surface area contributed by atoms with E-state index in [1.165, 1.54) is 25.7 Å². The molecule has 136 valence electrons. The molecule has 0 saturated heterocycles. The number of hydrogen-bond donors (Lipinski definition) is 2. The van der Waals surface area contributed by atoms with Crippen LogP contribution in [0.25, 0.3) is 0 Å². The van der Waals surface area contributed by atoms with Crippen LogP contribution in [0.15, 0.2) is 24.0 Å². The van der Waals surface area contributed by atoms with E-state index in [0.717, 1.165) is 37.2 Å². The Morgan fingerprint density at radius 1 is 1.42 bits per heavy atom. The average Bonchev–Trinajstić information content (AvgIpc) is 3.02. The standard InChI is InChI=1S/C17H30N6.HI/c1-4-10-18-17(21-15-8-6-14(3)7-9-15)19-11-12-23-13-20-22-16(23)5-2;/h4,13-15H,1,5-12H2,2-3H3,(H2,18,19,21);1H. The minimum Gasteiger partial charge on any atom is -0.354 e. The van der Waals surface area contributed by atoms with Crippen LogP contribution in [0.2, 0.25) is 0 Å². The summed E-state index contributed by atoms with van der Waals surface area (Å²) in [4.78, 5) is 4.69. The molecule has 6 nitrogen and oxygen atoms in total. The quantitative estimate of drug-likeness (QED) is 0.293. The molecule has 1 saturated carbocycles. The third-order valence-corrected chi connectivity index (χ3v) is 4.39. The molecular formula is C17H31IN6. The molecule has 1 aliphatic rings. The van der Waals surface area contributed by atoms with Crippen LogP contribution in [0.4, 0.5) is 0 Å². The Hall–Kier alpha value is -1.12. The first-order chi connectivity index (χ1) is 11.2. The van der Waals surface area contributed by atoms with Crippen molar-refractivity contribution in [1.29, 1.82) is 0 Å². The number of aromatic nitrogens is 3. The van der Waals surface area contributed by atoms with Gasteiger partial charge in [0.05, 0.1) is 6.54 Å². The van der Waals surface area contributed by atoms with E-state index in [9.17, 15) is 0 Å². The number of halogens is 1. The van der Waals surface area contributed by atoms with Crippen LogP contribution in [0.1, 0.15) is 45.4 Å². The Morgan fingerprint density at radius 3 is 2.83 bits per heavy atom. The Bertz CT molecular complexity index is 505. The van der Waals surface area contributed by atoms with Crippen LogP contribution in [-0.4, -0.2) is 39.9 Å². The van der Waals surface area contributed by atoms with E-state index < -0.39 is 0 Å². The molecule has 1 heterocycles. The molecule has 0 radical (unpaired) electrons. The molecule has 0 unspecified atom stereocenters. The average molecular weight is 446 g/mol. The van der Waals surface area contributed by atoms with Crippen molar-refractivity contribution < 1.29 is 0 Å². The van der Waals surface area contributed by atoms with Crippen LogP contribution in [-0.2, 0) is 13.0 Å². The topological polar surface area (TPSA) is 67.1 Å². The molecule has 1 aromatic heterocycles. The molecule has 0 spiro atoms. The van der Waals surface area contributed by atoms with E-state index in [4.69, 9.17) is 4.99 Å². The second kappa shape index (κ2) is 11.4. The molecule has 1 aromatic rings. The lowest BCUT2D eigenvalue weighted by molar-refractivity contribution is 0.329. The molecule has 0 aliphatic heterocycles. The van der Waals surface area contributed by atoms with Gasteiger partial charge in [0.2, 0.25) is 0 Å². The normalized spacial score (nSPS) is 21.0. The van der Waals surface area contributed by atoms with Gasteiger partial charge in [-0.2, -0.15) is 0 Å². The third kappa shape index (κ3) is 6.78. The predicted molar refractivity (Wildman–Crippen MR) is 110 cm³/mol. The number of rotatable bonds is 7. The number of guanidine groups is 1. The zero-order valence-corrected chi connectivity index (χ0v) is 17.2. The van der Waals surface area contributed by atoms with Crippen molar-refractivity contribution in [2.24, 2.45) is 10.9 Å². The molecule has 24 heavy (non-hydrogen) atoms. The molecule has 1 aliphatic carbocycles. The lowest BCUT2D eigenvalue weighted by Crippen LogP contribution is -2.45. The van der Waals surface area contributed by atoms with Gasteiger partial charge < -0.3 is 15.2 Å². The van der Waals surface area contributed by atoms with Gasteiger partial charge in [-0.25, -0.2) is 0 Å². The van der Waals surface area contributed by atoms with Crippen LogP contribution in [0.5, 0.6) is 0 Å². The van der Waals surface area contributed by atoms with E-state index in [1.807, 2.05) is 6.08 Å². The minimum atomic E-state index is 0. The van der Waals surface area contributed by atoms with Crippen molar-refractivity contribution in [1.82, 2.24) is 25.4 Å². The van der Waals surface area contributed by atoms with Crippen LogP contribution in [0, 0.1) is 5.92 Å². The zero-order chi connectivity index (χ0) is 16.5. The summed E-state index contributed by atoms with van der Waals surface area (Å²) in [5.41, 5.74) is 0. The minimum absolute atomic E-state index is 0. The lowest BCUT2D eigenvalue weighted by Gasteiger charge is -2.28. The fraction of sp³-hybridized carbons (Fsp3) is 0.706. The summed E-state index contributed by atoms with van der Waals surface area (Å²) in [6.07, 6.45) is 9.57.